The van der Waals surface area contributed by atoms with E-state index in [0.29, 0.717) is 67.1 Å². The lowest BCUT2D eigenvalue weighted by atomic mass is 10.2. The number of rotatable bonds is 18. The Morgan fingerprint density at radius 1 is 0.662 bits per heavy atom. The number of aliphatic hydroxyl groups excluding tert-OH is 3. The molecule has 0 unspecified atom stereocenters. The van der Waals surface area contributed by atoms with Gasteiger partial charge in [-0.25, -0.2) is 9.59 Å². The van der Waals surface area contributed by atoms with Crippen molar-refractivity contribution in [3.05, 3.63) is 98.1 Å². The molecule has 4 aromatic heterocycles. The van der Waals surface area contributed by atoms with Gasteiger partial charge in [0.2, 0.25) is 11.9 Å². The summed E-state index contributed by atoms with van der Waals surface area (Å²) in [7, 11) is 1.16. The molecule has 3 fully saturated rings. The molecule has 4 atom stereocenters. The Balaban J connectivity index is 0.000000267. The van der Waals surface area contributed by atoms with E-state index < -0.39 is 37.5 Å². The largest absolute Gasteiger partial charge is 0.496 e. The van der Waals surface area contributed by atoms with Crippen molar-refractivity contribution in [2.45, 2.75) is 183 Å². The van der Waals surface area contributed by atoms with E-state index in [1.807, 2.05) is 41.0 Å². The zero-order chi connectivity index (χ0) is 56.6. The molecule has 3 aliphatic rings. The van der Waals surface area contributed by atoms with Gasteiger partial charge in [-0.2, -0.15) is 9.97 Å². The number of hydrogen-bond donors (Lipinski definition) is 5. The molecular formula is C56H86Br2N10O11Si. The summed E-state index contributed by atoms with van der Waals surface area (Å²) in [4.78, 5) is 63.0. The quantitative estimate of drug-likeness (QED) is 0.0510. The third-order valence-corrected chi connectivity index (χ3v) is 21.1. The first-order valence-electron chi connectivity index (χ1n) is 27.0. The fourth-order valence-corrected chi connectivity index (χ4v) is 12.0. The second-order valence-corrected chi connectivity index (χ2v) is 28.0. The number of hydrogen-bond acceptors (Lipinski definition) is 15. The van der Waals surface area contributed by atoms with Crippen molar-refractivity contribution in [3.8, 4) is 11.5 Å². The summed E-state index contributed by atoms with van der Waals surface area (Å²) in [6.07, 6.45) is 6.32. The molecule has 0 amide bonds. The highest BCUT2D eigenvalue weighted by molar-refractivity contribution is 9.11. The van der Waals surface area contributed by atoms with Gasteiger partial charge in [0.15, 0.2) is 30.6 Å². The number of nitrogens with one attached hydrogen (secondary N) is 2. The topological polar surface area (TPSA) is 245 Å². The first-order chi connectivity index (χ1) is 37.2. The molecular weight excluding hydrogens is 1180 g/mol. The lowest BCUT2D eigenvalue weighted by molar-refractivity contribution is 0.171. The summed E-state index contributed by atoms with van der Waals surface area (Å²) < 4.78 is 32.5. The van der Waals surface area contributed by atoms with Crippen LogP contribution in [0.3, 0.4) is 0 Å². The van der Waals surface area contributed by atoms with Crippen LogP contribution in [0.2, 0.25) is 18.1 Å². The van der Waals surface area contributed by atoms with Crippen LogP contribution in [0.1, 0.15) is 112 Å². The minimum Gasteiger partial charge on any atom is -0.496 e. The average molecular weight is 1260 g/mol. The molecule has 1 saturated heterocycles. The van der Waals surface area contributed by atoms with E-state index in [1.54, 1.807) is 37.2 Å². The van der Waals surface area contributed by atoms with Crippen molar-refractivity contribution in [1.82, 2.24) is 37.4 Å². The lowest BCUT2D eigenvalue weighted by Gasteiger charge is -2.36. The molecule has 2 aliphatic carbocycles. The van der Waals surface area contributed by atoms with Crippen LogP contribution in [-0.2, 0) is 48.4 Å². The smallest absolute Gasteiger partial charge is 0.332 e. The van der Waals surface area contributed by atoms with Crippen LogP contribution >= 0.6 is 31.9 Å². The third-order valence-electron chi connectivity index (χ3n) is 15.3. The Kier molecular flexibility index (Phi) is 23.6. The van der Waals surface area contributed by atoms with Crippen molar-refractivity contribution in [1.29, 1.82) is 0 Å². The number of aliphatic hydroxyl groups is 3. The SMILES string of the molecule is C.C.C1CCOC1.CCn1c(=O)c2c(nc(N[C@@H]3CCC[C@H]3O)n2Cc2ccc(OC)c(Br)c2)n(CCO)c1=O.CCn1c(=O)c2c(nc(N[C@@H]3CCC[C@H]3O)n2Cc2ccc(OC)c(Br)c2)n(CCO[Si](C)(C)C(C)(C)C)c1=O. The van der Waals surface area contributed by atoms with Crippen LogP contribution in [0.15, 0.2) is 64.5 Å². The first-order valence-corrected chi connectivity index (χ1v) is 31.5. The number of halogens is 2. The standard InChI is InChI=1S/C28H42BrN5O5Si.C22H28BrN5O5.C4H8O.2CH4/c1-8-32-25(36)23-24(33(27(32)37)14-15-39-40(6,7)28(2,3)4)31-26(30-20-10-9-11-21(20)35)34(23)17-18-12-13-22(38-5)19(29)16-18;1-3-26-20(31)18-19(27(9-10-29)22(26)32)25-21(24-15-5-4-6-16(15)30)28(18)12-13-7-8-17(33-2)14(23)11-13;1-2-4-5-3-1;;/h12-13,16,20-21,35H,8-11,14-15,17H2,1-7H3,(H,30,31);7-8,11,15-16,29-30H,3-6,9-10,12H2,1-2H3,(H,24,25);1-4H2;2*1H4/t20-,21-;15-,16-;;;/m11.../s1. The molecule has 5 N–H and O–H groups in total. The van der Waals surface area contributed by atoms with E-state index >= 15 is 0 Å². The number of aromatic nitrogens is 8. The highest BCUT2D eigenvalue weighted by Crippen LogP contribution is 2.37. The molecule has 5 heterocycles. The molecule has 24 heteroatoms. The van der Waals surface area contributed by atoms with E-state index in [-0.39, 0.29) is 81.5 Å². The van der Waals surface area contributed by atoms with Gasteiger partial charge in [0.25, 0.3) is 11.1 Å². The van der Waals surface area contributed by atoms with Crippen molar-refractivity contribution in [2.75, 3.05) is 51.3 Å². The van der Waals surface area contributed by atoms with Gasteiger partial charge in [0.05, 0.1) is 86.8 Å². The van der Waals surface area contributed by atoms with Crippen LogP contribution in [0.25, 0.3) is 22.3 Å². The molecule has 80 heavy (non-hydrogen) atoms. The molecule has 2 saturated carbocycles. The molecule has 9 rings (SSSR count). The number of fused-ring (bicyclic) bond motifs is 2. The molecule has 0 bridgehead atoms. The van der Waals surface area contributed by atoms with Gasteiger partial charge in [-0.1, -0.05) is 47.8 Å². The maximum Gasteiger partial charge on any atom is 0.332 e. The fourth-order valence-electron chi connectivity index (χ4n) is 9.82. The maximum absolute atomic E-state index is 13.7. The van der Waals surface area contributed by atoms with E-state index in [0.717, 1.165) is 63.5 Å². The van der Waals surface area contributed by atoms with E-state index in [1.165, 1.54) is 22.0 Å². The highest BCUT2D eigenvalue weighted by atomic mass is 79.9. The van der Waals surface area contributed by atoms with Gasteiger partial charge in [-0.3, -0.25) is 37.0 Å². The molecule has 21 nitrogen and oxygen atoms in total. The van der Waals surface area contributed by atoms with E-state index in [2.05, 4.69) is 81.3 Å². The van der Waals surface area contributed by atoms with Gasteiger partial charge in [-0.05, 0) is 151 Å². The predicted octanol–water partition coefficient (Wildman–Crippen LogP) is 8.13. The van der Waals surface area contributed by atoms with Gasteiger partial charge in [0.1, 0.15) is 11.5 Å². The summed E-state index contributed by atoms with van der Waals surface area (Å²) in [6.45, 7) is 17.9. The lowest BCUT2D eigenvalue weighted by Crippen LogP contribution is -2.43. The van der Waals surface area contributed by atoms with Crippen LogP contribution in [0, 0.1) is 0 Å². The Morgan fingerprint density at radius 3 is 1.41 bits per heavy atom. The predicted molar refractivity (Wildman–Crippen MR) is 326 cm³/mol. The summed E-state index contributed by atoms with van der Waals surface area (Å²) in [6, 6.07) is 11.0. The maximum atomic E-state index is 13.7. The minimum absolute atomic E-state index is 0. The van der Waals surface area contributed by atoms with Gasteiger partial charge in [0, 0.05) is 26.3 Å². The van der Waals surface area contributed by atoms with Crippen molar-refractivity contribution in [2.24, 2.45) is 0 Å². The minimum atomic E-state index is -2.04. The van der Waals surface area contributed by atoms with Crippen LogP contribution < -0.4 is 42.6 Å². The molecule has 6 aromatic rings. The summed E-state index contributed by atoms with van der Waals surface area (Å²) in [5.41, 5.74) is 1.23. The average Bonchev–Trinajstić information content (AvgIpc) is 4.28. The number of methoxy groups -OCH3 is 2. The zero-order valence-electron chi connectivity index (χ0n) is 46.4. The molecule has 1 aliphatic heterocycles. The van der Waals surface area contributed by atoms with Crippen LogP contribution in [0.5, 0.6) is 11.5 Å². The van der Waals surface area contributed by atoms with Gasteiger partial charge in [-0.15, -0.1) is 0 Å². The fraction of sp³-hybridized carbons (Fsp3) is 0.607. The number of benzene rings is 2. The van der Waals surface area contributed by atoms with Gasteiger partial charge >= 0.3 is 11.4 Å². The van der Waals surface area contributed by atoms with Crippen LogP contribution in [-0.4, -0.2) is 126 Å². The Hall–Kier alpha value is -5.08. The normalized spacial score (nSPS) is 18.0. The Bertz CT molecular complexity index is 3280. The van der Waals surface area contributed by atoms with Crippen molar-refractivity contribution >= 4 is 74.4 Å². The summed E-state index contributed by atoms with van der Waals surface area (Å²) in [5, 5.41) is 37.2. The molecule has 444 valence electrons. The van der Waals surface area contributed by atoms with Crippen molar-refractivity contribution < 1.29 is 34.0 Å². The second kappa shape index (κ2) is 28.8. The van der Waals surface area contributed by atoms with Crippen LogP contribution in [0.4, 0.5) is 11.9 Å². The second-order valence-electron chi connectivity index (χ2n) is 21.4. The molecule has 2 aromatic carbocycles. The van der Waals surface area contributed by atoms with Gasteiger partial charge < -0.3 is 44.6 Å². The number of imidazole rings is 2. The Labute approximate surface area is 486 Å². The number of ether oxygens (including phenoxy) is 3. The number of anilines is 2. The van der Waals surface area contributed by atoms with E-state index in [9.17, 15) is 34.5 Å². The first kappa shape index (κ1) is 65.7. The summed E-state index contributed by atoms with van der Waals surface area (Å²) >= 11 is 7.05. The molecule has 0 spiro atoms. The number of nitrogens with zero attached hydrogens (tertiary/aromatic N) is 8. The molecule has 0 radical (unpaired) electrons. The zero-order valence-corrected chi connectivity index (χ0v) is 50.6. The third kappa shape index (κ3) is 14.6. The monoisotopic (exact) mass is 1260 g/mol. The Morgan fingerprint density at radius 2 is 1.09 bits per heavy atom. The highest BCUT2D eigenvalue weighted by Gasteiger charge is 2.37. The van der Waals surface area contributed by atoms with Crippen molar-refractivity contribution in [3.63, 3.8) is 0 Å². The van der Waals surface area contributed by atoms with E-state index in [4.69, 9.17) is 23.6 Å². The summed E-state index contributed by atoms with van der Waals surface area (Å²) in [5.74, 6) is 2.25.